The van der Waals surface area contributed by atoms with Gasteiger partial charge in [-0.05, 0) is 49.4 Å². The summed E-state index contributed by atoms with van der Waals surface area (Å²) in [5.41, 5.74) is 1.07. The number of pyridine rings is 3. The molecule has 0 saturated carbocycles. The Morgan fingerprint density at radius 3 is 2.44 bits per heavy atom. The molecule has 0 spiro atoms. The molecule has 0 saturated heterocycles. The molecule has 0 radical (unpaired) electrons. The Morgan fingerprint density at radius 1 is 1.03 bits per heavy atom. The van der Waals surface area contributed by atoms with Crippen LogP contribution in [0.3, 0.4) is 0 Å². The third-order valence-electron chi connectivity index (χ3n) is 4.83. The van der Waals surface area contributed by atoms with Gasteiger partial charge in [0.05, 0.1) is 12.3 Å². The van der Waals surface area contributed by atoms with Crippen molar-refractivity contribution in [1.82, 2.24) is 14.1 Å². The Morgan fingerprint density at radius 2 is 1.78 bits per heavy atom. The van der Waals surface area contributed by atoms with Crippen molar-refractivity contribution in [1.29, 1.82) is 0 Å². The minimum atomic E-state index is -2.95. The molecule has 1 aromatic carbocycles. The monoisotopic (exact) mass is 439 g/mol. The Hall–Kier alpha value is -4.01. The van der Waals surface area contributed by atoms with E-state index in [1.165, 1.54) is 39.5 Å². The van der Waals surface area contributed by atoms with Crippen molar-refractivity contribution in [3.63, 3.8) is 0 Å². The fourth-order valence-electron chi connectivity index (χ4n) is 3.37. The molecule has 0 atom stereocenters. The molecule has 7 nitrogen and oxygen atoms in total. The zero-order valence-electron chi connectivity index (χ0n) is 17.3. The van der Waals surface area contributed by atoms with Gasteiger partial charge in [-0.3, -0.25) is 14.2 Å². The van der Waals surface area contributed by atoms with Crippen molar-refractivity contribution < 1.29 is 18.3 Å². The van der Waals surface area contributed by atoms with Crippen LogP contribution in [-0.2, 0) is 7.05 Å². The van der Waals surface area contributed by atoms with Crippen LogP contribution in [0, 0.1) is 0 Å². The van der Waals surface area contributed by atoms with Crippen LogP contribution in [-0.4, -0.2) is 27.3 Å². The minimum Gasteiger partial charge on any atom is -0.478 e. The van der Waals surface area contributed by atoms with Crippen LogP contribution in [0.25, 0.3) is 27.8 Å². The summed E-state index contributed by atoms with van der Waals surface area (Å²) in [7, 11) is 1.60. The highest BCUT2D eigenvalue weighted by Gasteiger charge is 2.16. The number of aromatic nitrogens is 3. The minimum absolute atomic E-state index is 0.0294. The van der Waals surface area contributed by atoms with Gasteiger partial charge in [0.1, 0.15) is 5.75 Å². The number of rotatable bonds is 6. The lowest BCUT2D eigenvalue weighted by molar-refractivity contribution is -0.0498. The molecular formula is C23H19F2N3O4. The SMILES string of the molecule is CCOc1ccc2cc(-c3ccc(=O)n(C)c3)c(=O)n(-c3ccc(OC(F)F)cc3)c2n1. The van der Waals surface area contributed by atoms with Crippen molar-refractivity contribution in [2.45, 2.75) is 13.5 Å². The van der Waals surface area contributed by atoms with Crippen LogP contribution in [0.1, 0.15) is 6.92 Å². The van der Waals surface area contributed by atoms with E-state index in [1.54, 1.807) is 37.5 Å². The van der Waals surface area contributed by atoms with Gasteiger partial charge in [0.15, 0.2) is 5.65 Å². The number of ether oxygens (including phenoxy) is 2. The average Bonchev–Trinajstić information content (AvgIpc) is 2.76. The van der Waals surface area contributed by atoms with E-state index in [9.17, 15) is 18.4 Å². The van der Waals surface area contributed by atoms with Crippen LogP contribution in [0.2, 0.25) is 0 Å². The molecular weight excluding hydrogens is 420 g/mol. The van der Waals surface area contributed by atoms with Gasteiger partial charge in [-0.25, -0.2) is 0 Å². The number of aryl methyl sites for hydroxylation is 1. The van der Waals surface area contributed by atoms with Gasteiger partial charge >= 0.3 is 6.61 Å². The molecule has 4 rings (SSSR count). The van der Waals surface area contributed by atoms with Crippen molar-refractivity contribution in [2.24, 2.45) is 7.05 Å². The third-order valence-corrected chi connectivity index (χ3v) is 4.83. The fraction of sp³-hybridized carbons (Fsp3) is 0.174. The molecule has 0 unspecified atom stereocenters. The van der Waals surface area contributed by atoms with E-state index in [0.29, 0.717) is 40.3 Å². The first-order valence-corrected chi connectivity index (χ1v) is 9.79. The van der Waals surface area contributed by atoms with E-state index >= 15 is 0 Å². The predicted molar refractivity (Wildman–Crippen MR) is 116 cm³/mol. The summed E-state index contributed by atoms with van der Waals surface area (Å²) in [6.07, 6.45) is 1.58. The van der Waals surface area contributed by atoms with Gasteiger partial charge in [0.25, 0.3) is 5.56 Å². The Labute approximate surface area is 181 Å². The van der Waals surface area contributed by atoms with E-state index in [4.69, 9.17) is 4.74 Å². The summed E-state index contributed by atoms with van der Waals surface area (Å²) >= 11 is 0. The maximum atomic E-state index is 13.6. The van der Waals surface area contributed by atoms with Crippen molar-refractivity contribution in [3.05, 3.63) is 81.5 Å². The molecule has 32 heavy (non-hydrogen) atoms. The molecule has 0 aliphatic rings. The van der Waals surface area contributed by atoms with Crippen LogP contribution >= 0.6 is 0 Å². The Balaban J connectivity index is 1.97. The fourth-order valence-corrected chi connectivity index (χ4v) is 3.37. The number of hydrogen-bond acceptors (Lipinski definition) is 5. The largest absolute Gasteiger partial charge is 0.478 e. The van der Waals surface area contributed by atoms with E-state index in [0.717, 1.165) is 0 Å². The van der Waals surface area contributed by atoms with Crippen LogP contribution in [0.5, 0.6) is 11.6 Å². The predicted octanol–water partition coefficient (Wildman–Crippen LogP) is 3.75. The molecule has 0 bridgehead atoms. The van der Waals surface area contributed by atoms with Crippen molar-refractivity contribution in [3.8, 4) is 28.4 Å². The molecule has 4 aromatic rings. The highest BCUT2D eigenvalue weighted by molar-refractivity contribution is 5.83. The number of fused-ring (bicyclic) bond motifs is 1. The standard InChI is InChI=1S/C23H19F2N3O4/c1-3-31-19-10-4-14-12-18(15-5-11-20(29)27(2)13-15)22(30)28(21(14)26-19)16-6-8-17(9-7-16)32-23(24)25/h4-13,23H,3H2,1-2H3. The maximum absolute atomic E-state index is 13.6. The summed E-state index contributed by atoms with van der Waals surface area (Å²) < 4.78 is 37.7. The van der Waals surface area contributed by atoms with Crippen molar-refractivity contribution in [2.75, 3.05) is 6.61 Å². The number of nitrogens with zero attached hydrogens (tertiary/aromatic N) is 3. The summed E-state index contributed by atoms with van der Waals surface area (Å²) in [5.74, 6) is 0.318. The summed E-state index contributed by atoms with van der Waals surface area (Å²) in [6, 6.07) is 13.8. The highest BCUT2D eigenvalue weighted by atomic mass is 19.3. The van der Waals surface area contributed by atoms with E-state index in [2.05, 4.69) is 9.72 Å². The van der Waals surface area contributed by atoms with Crippen LogP contribution in [0.4, 0.5) is 8.78 Å². The second-order valence-corrected chi connectivity index (χ2v) is 6.93. The van der Waals surface area contributed by atoms with Gasteiger partial charge in [-0.2, -0.15) is 13.8 Å². The number of hydrogen-bond donors (Lipinski definition) is 0. The molecule has 0 fully saturated rings. The van der Waals surface area contributed by atoms with Crippen LogP contribution in [0.15, 0.2) is 70.4 Å². The van der Waals surface area contributed by atoms with Gasteiger partial charge in [0, 0.05) is 41.9 Å². The third kappa shape index (κ3) is 4.09. The molecule has 0 aliphatic heterocycles. The number of halogens is 2. The summed E-state index contributed by atoms with van der Waals surface area (Å²) in [4.78, 5) is 29.8. The summed E-state index contributed by atoms with van der Waals surface area (Å²) in [5, 5.41) is 0.657. The first-order valence-electron chi connectivity index (χ1n) is 9.79. The zero-order chi connectivity index (χ0) is 22.8. The van der Waals surface area contributed by atoms with Gasteiger partial charge in [-0.15, -0.1) is 0 Å². The first-order chi connectivity index (χ1) is 15.4. The highest BCUT2D eigenvalue weighted by Crippen LogP contribution is 2.25. The van der Waals surface area contributed by atoms with Crippen molar-refractivity contribution >= 4 is 11.0 Å². The molecule has 9 heteroatoms. The van der Waals surface area contributed by atoms with E-state index in [1.807, 2.05) is 6.92 Å². The molecule has 3 aromatic heterocycles. The lowest BCUT2D eigenvalue weighted by atomic mass is 10.1. The molecule has 0 aliphatic carbocycles. The molecule has 0 amide bonds. The zero-order valence-corrected chi connectivity index (χ0v) is 17.3. The van der Waals surface area contributed by atoms with Crippen LogP contribution < -0.4 is 20.6 Å². The topological polar surface area (TPSA) is 75.3 Å². The first kappa shape index (κ1) is 21.2. The van der Waals surface area contributed by atoms with E-state index in [-0.39, 0.29) is 16.9 Å². The van der Waals surface area contributed by atoms with Gasteiger partial charge in [0.2, 0.25) is 11.4 Å². The number of alkyl halides is 2. The number of benzene rings is 1. The second-order valence-electron chi connectivity index (χ2n) is 6.93. The lowest BCUT2D eigenvalue weighted by Crippen LogP contribution is -2.22. The van der Waals surface area contributed by atoms with Gasteiger partial charge < -0.3 is 14.0 Å². The smallest absolute Gasteiger partial charge is 0.387 e. The summed E-state index contributed by atoms with van der Waals surface area (Å²) in [6.45, 7) is -0.727. The second kappa shape index (κ2) is 8.62. The maximum Gasteiger partial charge on any atom is 0.387 e. The van der Waals surface area contributed by atoms with Gasteiger partial charge in [-0.1, -0.05) is 0 Å². The quantitative estimate of drug-likeness (QED) is 0.457. The normalized spacial score (nSPS) is 11.2. The Bertz CT molecular complexity index is 1400. The average molecular weight is 439 g/mol. The van der Waals surface area contributed by atoms with E-state index < -0.39 is 6.61 Å². The Kier molecular flexibility index (Phi) is 5.72. The molecule has 3 heterocycles. The molecule has 164 valence electrons. The molecule has 0 N–H and O–H groups in total. The lowest BCUT2D eigenvalue weighted by Gasteiger charge is -2.14.